The Labute approximate surface area is 100 Å². The molecule has 92 valence electrons. The zero-order valence-electron chi connectivity index (χ0n) is 10.1. The predicted octanol–water partition coefficient (Wildman–Crippen LogP) is 0.317. The van der Waals surface area contributed by atoms with Crippen molar-refractivity contribution in [3.8, 4) is 0 Å². The van der Waals surface area contributed by atoms with Crippen molar-refractivity contribution in [2.45, 2.75) is 18.8 Å². The lowest BCUT2D eigenvalue weighted by atomic mass is 10.3. The second kappa shape index (κ2) is 4.57. The molecule has 1 heterocycles. The molecule has 17 heavy (non-hydrogen) atoms. The summed E-state index contributed by atoms with van der Waals surface area (Å²) in [5.41, 5.74) is 5.17. The van der Waals surface area contributed by atoms with Gasteiger partial charge in [-0.2, -0.15) is 0 Å². The fourth-order valence-corrected chi connectivity index (χ4v) is 1.62. The summed E-state index contributed by atoms with van der Waals surface area (Å²) < 4.78 is 0. The van der Waals surface area contributed by atoms with Gasteiger partial charge in [-0.15, -0.1) is 0 Å². The van der Waals surface area contributed by atoms with Crippen LogP contribution in [0.1, 0.15) is 24.6 Å². The molecule has 2 rings (SSSR count). The summed E-state index contributed by atoms with van der Waals surface area (Å²) in [7, 11) is 3.61. The normalized spacial score (nSPS) is 14.5. The maximum Gasteiger partial charge on any atom is 0.236 e. The molecule has 1 aromatic rings. The number of hydrogen-bond donors (Lipinski definition) is 2. The van der Waals surface area contributed by atoms with Gasteiger partial charge in [0.2, 0.25) is 5.91 Å². The van der Waals surface area contributed by atoms with Crippen molar-refractivity contribution in [3.05, 3.63) is 11.9 Å². The highest BCUT2D eigenvalue weighted by Crippen LogP contribution is 2.39. The Hall–Kier alpha value is -1.85. The molecule has 0 aromatic carbocycles. The molecule has 0 spiro atoms. The van der Waals surface area contributed by atoms with Crippen LogP contribution < -0.4 is 16.0 Å². The summed E-state index contributed by atoms with van der Waals surface area (Å²) >= 11 is 0. The van der Waals surface area contributed by atoms with E-state index in [4.69, 9.17) is 5.73 Å². The summed E-state index contributed by atoms with van der Waals surface area (Å²) in [6, 6.07) is 1.81. The summed E-state index contributed by atoms with van der Waals surface area (Å²) in [5.74, 6) is 2.45. The third-order valence-electron chi connectivity index (χ3n) is 2.71. The van der Waals surface area contributed by atoms with Crippen molar-refractivity contribution in [3.63, 3.8) is 0 Å². The zero-order chi connectivity index (χ0) is 12.4. The molecule has 0 bridgehead atoms. The third kappa shape index (κ3) is 2.83. The molecule has 1 aliphatic carbocycles. The first-order valence-corrected chi connectivity index (χ1v) is 5.66. The Morgan fingerprint density at radius 2 is 2.29 bits per heavy atom. The Morgan fingerprint density at radius 1 is 1.59 bits per heavy atom. The first kappa shape index (κ1) is 11.6. The van der Waals surface area contributed by atoms with Crippen LogP contribution in [0.3, 0.4) is 0 Å². The molecule has 6 heteroatoms. The molecule has 0 unspecified atom stereocenters. The monoisotopic (exact) mass is 235 g/mol. The quantitative estimate of drug-likeness (QED) is 0.767. The van der Waals surface area contributed by atoms with Crippen LogP contribution in [0.5, 0.6) is 0 Å². The van der Waals surface area contributed by atoms with E-state index in [0.717, 1.165) is 30.3 Å². The third-order valence-corrected chi connectivity index (χ3v) is 2.71. The Balaban J connectivity index is 2.25. The van der Waals surface area contributed by atoms with E-state index in [-0.39, 0.29) is 12.5 Å². The van der Waals surface area contributed by atoms with Gasteiger partial charge in [0.15, 0.2) is 0 Å². The van der Waals surface area contributed by atoms with Gasteiger partial charge in [0.05, 0.1) is 6.54 Å². The van der Waals surface area contributed by atoms with Crippen LogP contribution in [0.4, 0.5) is 11.6 Å². The number of primary amides is 1. The second-order valence-electron chi connectivity index (χ2n) is 4.32. The fraction of sp³-hybridized carbons (Fsp3) is 0.545. The van der Waals surface area contributed by atoms with Gasteiger partial charge < -0.3 is 16.0 Å². The maximum atomic E-state index is 10.9. The van der Waals surface area contributed by atoms with Gasteiger partial charge in [-0.1, -0.05) is 0 Å². The molecule has 0 aliphatic heterocycles. The smallest absolute Gasteiger partial charge is 0.236 e. The average molecular weight is 235 g/mol. The van der Waals surface area contributed by atoms with Crippen LogP contribution >= 0.6 is 0 Å². The molecule has 6 nitrogen and oxygen atoms in total. The van der Waals surface area contributed by atoms with Crippen molar-refractivity contribution in [1.29, 1.82) is 0 Å². The molecular weight excluding hydrogens is 218 g/mol. The first-order valence-electron chi connectivity index (χ1n) is 5.66. The highest BCUT2D eigenvalue weighted by Gasteiger charge is 2.27. The van der Waals surface area contributed by atoms with E-state index in [2.05, 4.69) is 15.3 Å². The molecule has 0 atom stereocenters. The van der Waals surface area contributed by atoms with E-state index in [1.165, 1.54) is 0 Å². The van der Waals surface area contributed by atoms with Crippen molar-refractivity contribution >= 4 is 17.5 Å². The first-order chi connectivity index (χ1) is 8.10. The predicted molar refractivity (Wildman–Crippen MR) is 66.0 cm³/mol. The maximum absolute atomic E-state index is 10.9. The van der Waals surface area contributed by atoms with Crippen molar-refractivity contribution in [1.82, 2.24) is 9.97 Å². The number of aromatic nitrogens is 2. The van der Waals surface area contributed by atoms with Gasteiger partial charge in [0, 0.05) is 26.1 Å². The number of nitrogens with two attached hydrogens (primary N) is 1. The number of rotatable bonds is 5. The van der Waals surface area contributed by atoms with Gasteiger partial charge in [-0.05, 0) is 12.8 Å². The molecule has 1 amide bonds. The lowest BCUT2D eigenvalue weighted by molar-refractivity contribution is -0.116. The van der Waals surface area contributed by atoms with Gasteiger partial charge >= 0.3 is 0 Å². The molecule has 1 aliphatic rings. The highest BCUT2D eigenvalue weighted by atomic mass is 16.1. The topological polar surface area (TPSA) is 84.1 Å². The van der Waals surface area contributed by atoms with Crippen LogP contribution in [0.2, 0.25) is 0 Å². The van der Waals surface area contributed by atoms with Crippen LogP contribution in [0.15, 0.2) is 6.07 Å². The number of carbonyl (C=O) groups excluding carboxylic acids is 1. The van der Waals surface area contributed by atoms with Gasteiger partial charge in [-0.3, -0.25) is 4.79 Å². The van der Waals surface area contributed by atoms with Gasteiger partial charge in [0.1, 0.15) is 17.5 Å². The van der Waals surface area contributed by atoms with Crippen LogP contribution in [-0.2, 0) is 4.79 Å². The van der Waals surface area contributed by atoms with E-state index in [9.17, 15) is 4.79 Å². The standard InChI is InChI=1S/C11H17N5O/c1-13-9-5-10(16(2)6-8(12)17)15-11(14-9)7-3-4-7/h5,7H,3-4,6H2,1-2H3,(H2,12,17)(H,13,14,15). The van der Waals surface area contributed by atoms with E-state index in [0.29, 0.717) is 5.92 Å². The van der Waals surface area contributed by atoms with Crippen LogP contribution in [0.25, 0.3) is 0 Å². The fourth-order valence-electron chi connectivity index (χ4n) is 1.62. The molecule has 1 aromatic heterocycles. The average Bonchev–Trinajstić information content (AvgIpc) is 3.11. The number of anilines is 2. The highest BCUT2D eigenvalue weighted by molar-refractivity contribution is 5.79. The number of hydrogen-bond acceptors (Lipinski definition) is 5. The van der Waals surface area contributed by atoms with Gasteiger partial charge in [-0.25, -0.2) is 9.97 Å². The summed E-state index contributed by atoms with van der Waals surface area (Å²) in [6.07, 6.45) is 2.29. The molecule has 1 fully saturated rings. The number of carbonyl (C=O) groups is 1. The molecule has 3 N–H and O–H groups in total. The minimum absolute atomic E-state index is 0.157. The molecule has 0 saturated heterocycles. The summed E-state index contributed by atoms with van der Waals surface area (Å²) in [5, 5.41) is 3.00. The Morgan fingerprint density at radius 3 is 2.82 bits per heavy atom. The van der Waals surface area contributed by atoms with Crippen molar-refractivity contribution in [2.75, 3.05) is 30.9 Å². The van der Waals surface area contributed by atoms with Gasteiger partial charge in [0.25, 0.3) is 0 Å². The number of amides is 1. The van der Waals surface area contributed by atoms with E-state index in [1.807, 2.05) is 13.1 Å². The Kier molecular flexibility index (Phi) is 3.12. The minimum atomic E-state index is -0.370. The Bertz CT molecular complexity index is 430. The number of likely N-dealkylation sites (N-methyl/N-ethyl adjacent to an activating group) is 1. The zero-order valence-corrected chi connectivity index (χ0v) is 10.1. The van der Waals surface area contributed by atoms with Crippen molar-refractivity contribution in [2.24, 2.45) is 5.73 Å². The largest absolute Gasteiger partial charge is 0.373 e. The number of nitrogens with one attached hydrogen (secondary N) is 1. The minimum Gasteiger partial charge on any atom is -0.373 e. The van der Waals surface area contributed by atoms with E-state index >= 15 is 0 Å². The molecule has 1 saturated carbocycles. The lowest BCUT2D eigenvalue weighted by Crippen LogP contribution is -2.31. The summed E-state index contributed by atoms with van der Waals surface area (Å²) in [4.78, 5) is 21.5. The van der Waals surface area contributed by atoms with Crippen LogP contribution in [0, 0.1) is 0 Å². The molecular formula is C11H17N5O. The lowest BCUT2D eigenvalue weighted by Gasteiger charge is -2.17. The molecule has 0 radical (unpaired) electrons. The number of nitrogens with zero attached hydrogens (tertiary/aromatic N) is 3. The second-order valence-corrected chi connectivity index (χ2v) is 4.32. The van der Waals surface area contributed by atoms with E-state index in [1.54, 1.807) is 11.9 Å². The SMILES string of the molecule is CNc1cc(N(C)CC(N)=O)nc(C2CC2)n1. The van der Waals surface area contributed by atoms with Crippen molar-refractivity contribution < 1.29 is 4.79 Å². The van der Waals surface area contributed by atoms with Crippen LogP contribution in [-0.4, -0.2) is 36.5 Å². The summed E-state index contributed by atoms with van der Waals surface area (Å²) in [6.45, 7) is 0.157. The van der Waals surface area contributed by atoms with E-state index < -0.39 is 0 Å².